The van der Waals surface area contributed by atoms with E-state index in [0.717, 1.165) is 25.7 Å². The number of fused-ring (bicyclic) bond motifs is 2. The first-order valence-corrected chi connectivity index (χ1v) is 6.05. The number of hydrogen-bond donors (Lipinski definition) is 0. The average molecular weight is 212 g/mol. The molecular weight excluding hydrogens is 192 g/mol. The highest BCUT2D eigenvalue weighted by Gasteiger charge is 2.37. The maximum Gasteiger partial charge on any atom is 0.138 e. The van der Waals surface area contributed by atoms with Gasteiger partial charge in [-0.15, -0.1) is 0 Å². The first-order valence-electron chi connectivity index (χ1n) is 6.05. The van der Waals surface area contributed by atoms with Crippen molar-refractivity contribution in [3.8, 4) is 0 Å². The maximum atomic E-state index is 11.9. The molecule has 2 aliphatic rings. The summed E-state index contributed by atoms with van der Waals surface area (Å²) in [6.07, 6.45) is 5.51. The van der Waals surface area contributed by atoms with Crippen molar-refractivity contribution in [2.45, 2.75) is 51.2 Å². The molecule has 3 nitrogen and oxygen atoms in total. The van der Waals surface area contributed by atoms with E-state index in [4.69, 9.17) is 9.47 Å². The number of hydrogen-bond acceptors (Lipinski definition) is 3. The van der Waals surface area contributed by atoms with Gasteiger partial charge < -0.3 is 9.47 Å². The van der Waals surface area contributed by atoms with Gasteiger partial charge in [0.25, 0.3) is 0 Å². The molecule has 0 aromatic heterocycles. The van der Waals surface area contributed by atoms with Gasteiger partial charge in [-0.1, -0.05) is 0 Å². The van der Waals surface area contributed by atoms with Crippen molar-refractivity contribution < 1.29 is 14.3 Å². The molecule has 2 bridgehead atoms. The van der Waals surface area contributed by atoms with Crippen molar-refractivity contribution in [3.63, 3.8) is 0 Å². The zero-order valence-electron chi connectivity index (χ0n) is 9.41. The van der Waals surface area contributed by atoms with E-state index in [1.54, 1.807) is 0 Å². The van der Waals surface area contributed by atoms with E-state index < -0.39 is 0 Å². The van der Waals surface area contributed by atoms with Crippen molar-refractivity contribution in [2.75, 3.05) is 13.2 Å². The van der Waals surface area contributed by atoms with Gasteiger partial charge in [0.05, 0.1) is 18.8 Å². The molecule has 86 valence electrons. The third-order valence-corrected chi connectivity index (χ3v) is 3.44. The van der Waals surface area contributed by atoms with Gasteiger partial charge in [-0.3, -0.25) is 4.79 Å². The predicted molar refractivity (Wildman–Crippen MR) is 56.7 cm³/mol. The van der Waals surface area contributed by atoms with Crippen LogP contribution in [-0.2, 0) is 14.3 Å². The third-order valence-electron chi connectivity index (χ3n) is 3.44. The molecule has 0 aromatic carbocycles. The summed E-state index contributed by atoms with van der Waals surface area (Å²) >= 11 is 0. The van der Waals surface area contributed by atoms with Crippen molar-refractivity contribution in [2.24, 2.45) is 5.92 Å². The van der Waals surface area contributed by atoms with E-state index in [-0.39, 0.29) is 5.92 Å². The highest BCUT2D eigenvalue weighted by molar-refractivity contribution is 5.81. The van der Waals surface area contributed by atoms with Gasteiger partial charge in [0.15, 0.2) is 0 Å². The fraction of sp³-hybridized carbons (Fsp3) is 0.917. The van der Waals surface area contributed by atoms with Gasteiger partial charge in [-0.05, 0) is 32.6 Å². The monoisotopic (exact) mass is 212 g/mol. The summed E-state index contributed by atoms with van der Waals surface area (Å²) in [5.74, 6) is 0.625. The summed E-state index contributed by atoms with van der Waals surface area (Å²) in [6.45, 7) is 3.24. The molecule has 0 aliphatic carbocycles. The maximum absolute atomic E-state index is 11.9. The molecule has 0 N–H and O–H groups in total. The lowest BCUT2D eigenvalue weighted by Crippen LogP contribution is -2.30. The van der Waals surface area contributed by atoms with Crippen molar-refractivity contribution in [3.05, 3.63) is 0 Å². The van der Waals surface area contributed by atoms with Crippen LogP contribution in [0.3, 0.4) is 0 Å². The van der Waals surface area contributed by atoms with Crippen LogP contribution in [0.4, 0.5) is 0 Å². The average Bonchev–Trinajstić information content (AvgIpc) is 2.58. The molecule has 2 unspecified atom stereocenters. The normalized spacial score (nSPS) is 34.3. The van der Waals surface area contributed by atoms with E-state index in [9.17, 15) is 4.79 Å². The Labute approximate surface area is 91.1 Å². The second kappa shape index (κ2) is 5.08. The topological polar surface area (TPSA) is 35.5 Å². The molecule has 0 radical (unpaired) electrons. The number of rotatable bonds is 5. The lowest BCUT2D eigenvalue weighted by atomic mass is 9.90. The lowest BCUT2D eigenvalue weighted by molar-refractivity contribution is -0.129. The zero-order valence-corrected chi connectivity index (χ0v) is 9.41. The Morgan fingerprint density at radius 1 is 1.33 bits per heavy atom. The largest absolute Gasteiger partial charge is 0.381 e. The summed E-state index contributed by atoms with van der Waals surface area (Å²) in [7, 11) is 0. The molecule has 2 heterocycles. The summed E-state index contributed by atoms with van der Waals surface area (Å²) in [4.78, 5) is 11.9. The molecular formula is C12H20O3. The number of Topliss-reactive ketones (excluding diaryl/α,β-unsaturated/α-hetero) is 1. The minimum absolute atomic E-state index is 0.247. The predicted octanol–water partition coefficient (Wildman–Crippen LogP) is 1.94. The van der Waals surface area contributed by atoms with E-state index in [1.165, 1.54) is 0 Å². The van der Waals surface area contributed by atoms with Crippen LogP contribution in [-0.4, -0.2) is 31.2 Å². The fourth-order valence-corrected chi connectivity index (χ4v) is 2.64. The minimum Gasteiger partial charge on any atom is -0.381 e. The molecule has 2 aliphatic heterocycles. The Hall–Kier alpha value is -0.410. The first kappa shape index (κ1) is 11.1. The second-order valence-electron chi connectivity index (χ2n) is 4.54. The van der Waals surface area contributed by atoms with Crippen LogP contribution in [0, 0.1) is 5.92 Å². The van der Waals surface area contributed by atoms with Crippen LogP contribution in [0.5, 0.6) is 0 Å². The summed E-state index contributed by atoms with van der Waals surface area (Å²) in [6, 6.07) is 0. The number of ether oxygens (including phenoxy) is 2. The second-order valence-corrected chi connectivity index (χ2v) is 4.54. The Balaban J connectivity index is 1.76. The Morgan fingerprint density at radius 3 is 2.60 bits per heavy atom. The molecule has 2 saturated heterocycles. The van der Waals surface area contributed by atoms with Gasteiger partial charge in [-0.2, -0.15) is 0 Å². The molecule has 2 fully saturated rings. The highest BCUT2D eigenvalue weighted by Crippen LogP contribution is 2.36. The smallest absolute Gasteiger partial charge is 0.138 e. The van der Waals surface area contributed by atoms with E-state index in [2.05, 4.69) is 0 Å². The zero-order chi connectivity index (χ0) is 10.7. The quantitative estimate of drug-likeness (QED) is 0.653. The summed E-state index contributed by atoms with van der Waals surface area (Å²) < 4.78 is 10.9. The van der Waals surface area contributed by atoms with Gasteiger partial charge in [0, 0.05) is 18.9 Å². The summed E-state index contributed by atoms with van der Waals surface area (Å²) in [5, 5.41) is 0. The molecule has 2 rings (SSSR count). The molecule has 0 aromatic rings. The molecule has 15 heavy (non-hydrogen) atoms. The highest BCUT2D eigenvalue weighted by atomic mass is 16.5. The number of carbonyl (C=O) groups excluding carboxylic acids is 1. The van der Waals surface area contributed by atoms with E-state index in [1.807, 2.05) is 6.92 Å². The van der Waals surface area contributed by atoms with Crippen molar-refractivity contribution in [1.29, 1.82) is 0 Å². The Bertz CT molecular complexity index is 215. The van der Waals surface area contributed by atoms with Crippen LogP contribution in [0.2, 0.25) is 0 Å². The molecule has 2 atom stereocenters. The Morgan fingerprint density at radius 2 is 2.00 bits per heavy atom. The standard InChI is InChI=1S/C12H20O3/c1-2-14-6-5-12(13)9-7-10-3-4-11(8-9)15-10/h9-11H,2-8H2,1H3. The van der Waals surface area contributed by atoms with Crippen molar-refractivity contribution >= 4 is 5.78 Å². The van der Waals surface area contributed by atoms with Gasteiger partial charge in [-0.25, -0.2) is 0 Å². The number of ketones is 1. The van der Waals surface area contributed by atoms with Crippen LogP contribution in [0.1, 0.15) is 39.0 Å². The Kier molecular flexibility index (Phi) is 3.76. The lowest BCUT2D eigenvalue weighted by Gasteiger charge is -2.27. The van der Waals surface area contributed by atoms with Crippen LogP contribution in [0.15, 0.2) is 0 Å². The molecule has 0 saturated carbocycles. The van der Waals surface area contributed by atoms with Crippen LogP contribution >= 0.6 is 0 Å². The number of carbonyl (C=O) groups is 1. The molecule has 3 heteroatoms. The van der Waals surface area contributed by atoms with Gasteiger partial charge >= 0.3 is 0 Å². The van der Waals surface area contributed by atoms with E-state index >= 15 is 0 Å². The summed E-state index contributed by atoms with van der Waals surface area (Å²) in [5.41, 5.74) is 0. The van der Waals surface area contributed by atoms with Gasteiger partial charge in [0.2, 0.25) is 0 Å². The van der Waals surface area contributed by atoms with Crippen LogP contribution in [0.25, 0.3) is 0 Å². The third kappa shape index (κ3) is 2.79. The van der Waals surface area contributed by atoms with E-state index in [0.29, 0.717) is 37.6 Å². The fourth-order valence-electron chi connectivity index (χ4n) is 2.64. The SMILES string of the molecule is CCOCCC(=O)C1CC2CCC(C1)O2. The first-order chi connectivity index (χ1) is 7.29. The molecule has 0 spiro atoms. The van der Waals surface area contributed by atoms with Crippen LogP contribution < -0.4 is 0 Å². The molecule has 0 amide bonds. The van der Waals surface area contributed by atoms with Gasteiger partial charge in [0.1, 0.15) is 5.78 Å². The minimum atomic E-state index is 0.247. The van der Waals surface area contributed by atoms with Crippen molar-refractivity contribution in [1.82, 2.24) is 0 Å².